The van der Waals surface area contributed by atoms with Crippen LogP contribution in [0.1, 0.15) is 27.9 Å². The van der Waals surface area contributed by atoms with Crippen molar-refractivity contribution < 1.29 is 4.79 Å². The second kappa shape index (κ2) is 12.9. The van der Waals surface area contributed by atoms with Gasteiger partial charge < -0.3 is 16.0 Å². The number of carbonyl (C=O) groups is 1. The number of hydrogen-bond acceptors (Lipinski definition) is 4. The lowest BCUT2D eigenvalue weighted by Crippen LogP contribution is -2.41. The number of aromatic nitrogens is 1. The molecule has 1 amide bonds. The first-order valence-electron chi connectivity index (χ1n) is 8.55. The fourth-order valence-electron chi connectivity index (χ4n) is 2.25. The number of nitrogens with zero attached hydrogens (tertiary/aromatic N) is 2. The van der Waals surface area contributed by atoms with Crippen molar-refractivity contribution in [3.8, 4) is 0 Å². The van der Waals surface area contributed by atoms with Crippen LogP contribution in [0.3, 0.4) is 0 Å². The van der Waals surface area contributed by atoms with Crippen LogP contribution in [0.5, 0.6) is 0 Å². The third-order valence-electron chi connectivity index (χ3n) is 3.58. The Balaban J connectivity index is 0.00000364. The summed E-state index contributed by atoms with van der Waals surface area (Å²) in [4.78, 5) is 21.3. The molecule has 0 fully saturated rings. The van der Waals surface area contributed by atoms with Gasteiger partial charge in [0, 0.05) is 31.2 Å². The summed E-state index contributed by atoms with van der Waals surface area (Å²) >= 11 is 7.24. The lowest BCUT2D eigenvalue weighted by atomic mass is 10.1. The fraction of sp³-hybridized carbons (Fsp3) is 0.389. The molecule has 6 nitrogen and oxygen atoms in total. The van der Waals surface area contributed by atoms with E-state index >= 15 is 0 Å². The molecule has 0 radical (unpaired) electrons. The summed E-state index contributed by atoms with van der Waals surface area (Å²) in [5.74, 6) is 0.654. The summed E-state index contributed by atoms with van der Waals surface area (Å²) in [5.41, 5.74) is 3.64. The predicted molar refractivity (Wildman–Crippen MR) is 124 cm³/mol. The number of carbonyl (C=O) groups excluding carboxylic acids is 1. The monoisotopic (exact) mass is 521 g/mol. The van der Waals surface area contributed by atoms with Gasteiger partial charge in [-0.2, -0.15) is 0 Å². The molecular weight excluding hydrogens is 497 g/mol. The highest BCUT2D eigenvalue weighted by Gasteiger charge is 2.10. The van der Waals surface area contributed by atoms with Gasteiger partial charge >= 0.3 is 0 Å². The van der Waals surface area contributed by atoms with Crippen molar-refractivity contribution in [3.05, 3.63) is 50.9 Å². The molecule has 0 unspecified atom stereocenters. The molecule has 148 valence electrons. The number of rotatable bonds is 8. The van der Waals surface area contributed by atoms with Gasteiger partial charge in [-0.3, -0.25) is 9.79 Å². The molecular formula is C18H25ClIN5OS. The van der Waals surface area contributed by atoms with Crippen LogP contribution in [-0.2, 0) is 6.42 Å². The molecule has 1 heterocycles. The van der Waals surface area contributed by atoms with E-state index in [-0.39, 0.29) is 29.9 Å². The number of hydrogen-bond donors (Lipinski definition) is 3. The molecule has 9 heteroatoms. The molecule has 0 saturated heterocycles. The van der Waals surface area contributed by atoms with Crippen molar-refractivity contribution in [2.45, 2.75) is 20.3 Å². The van der Waals surface area contributed by atoms with Crippen LogP contribution >= 0.6 is 46.9 Å². The zero-order valence-corrected chi connectivity index (χ0v) is 19.3. The minimum atomic E-state index is -0.0866. The van der Waals surface area contributed by atoms with Crippen molar-refractivity contribution >= 4 is 58.8 Å². The standard InChI is InChI=1S/C18H24ClN5OS.HI/c1-3-20-18(22-9-8-14-4-6-15(19)7-5-14)23-11-10-21-17(25)16-13(2)24-12-26-16;/h4-7,12H,3,8-11H2,1-2H3,(H,21,25)(H2,20,22,23);1H. The minimum absolute atomic E-state index is 0. The molecule has 2 rings (SSSR count). The summed E-state index contributed by atoms with van der Waals surface area (Å²) in [6.45, 7) is 6.40. The van der Waals surface area contributed by atoms with E-state index in [1.165, 1.54) is 16.9 Å². The van der Waals surface area contributed by atoms with Gasteiger partial charge in [0.15, 0.2) is 5.96 Å². The van der Waals surface area contributed by atoms with E-state index in [1.807, 2.05) is 38.1 Å². The number of guanidine groups is 1. The molecule has 0 atom stereocenters. The van der Waals surface area contributed by atoms with Crippen LogP contribution in [0, 0.1) is 6.92 Å². The number of aryl methyl sites for hydroxylation is 1. The van der Waals surface area contributed by atoms with Crippen molar-refractivity contribution in [2.24, 2.45) is 4.99 Å². The summed E-state index contributed by atoms with van der Waals surface area (Å²) in [6, 6.07) is 7.79. The maximum Gasteiger partial charge on any atom is 0.263 e. The first-order chi connectivity index (χ1) is 12.6. The van der Waals surface area contributed by atoms with Crippen molar-refractivity contribution in [1.29, 1.82) is 0 Å². The molecule has 1 aromatic heterocycles. The van der Waals surface area contributed by atoms with E-state index in [4.69, 9.17) is 11.6 Å². The van der Waals surface area contributed by atoms with Gasteiger partial charge in [-0.25, -0.2) is 4.98 Å². The highest BCUT2D eigenvalue weighted by atomic mass is 127. The van der Waals surface area contributed by atoms with Crippen LogP contribution in [-0.4, -0.2) is 43.0 Å². The molecule has 0 aliphatic rings. The first-order valence-corrected chi connectivity index (χ1v) is 9.80. The van der Waals surface area contributed by atoms with E-state index < -0.39 is 0 Å². The summed E-state index contributed by atoms with van der Waals surface area (Å²) < 4.78 is 0. The average molecular weight is 522 g/mol. The van der Waals surface area contributed by atoms with Crippen LogP contribution in [0.2, 0.25) is 5.02 Å². The summed E-state index contributed by atoms with van der Waals surface area (Å²) in [5, 5.41) is 10.0. The molecule has 2 aromatic rings. The second-order valence-electron chi connectivity index (χ2n) is 5.59. The number of aliphatic imine (C=N–C) groups is 1. The Morgan fingerprint density at radius 3 is 2.52 bits per heavy atom. The second-order valence-corrected chi connectivity index (χ2v) is 6.88. The molecule has 0 aliphatic heterocycles. The van der Waals surface area contributed by atoms with Gasteiger partial charge in [0.25, 0.3) is 5.91 Å². The van der Waals surface area contributed by atoms with E-state index in [0.29, 0.717) is 24.5 Å². The van der Waals surface area contributed by atoms with Crippen molar-refractivity contribution in [3.63, 3.8) is 0 Å². The van der Waals surface area contributed by atoms with Crippen LogP contribution in [0.4, 0.5) is 0 Å². The van der Waals surface area contributed by atoms with Crippen molar-refractivity contribution in [2.75, 3.05) is 26.2 Å². The third kappa shape index (κ3) is 8.44. The lowest BCUT2D eigenvalue weighted by Gasteiger charge is -2.11. The summed E-state index contributed by atoms with van der Waals surface area (Å²) in [6.07, 6.45) is 0.842. The Morgan fingerprint density at radius 2 is 1.89 bits per heavy atom. The summed E-state index contributed by atoms with van der Waals surface area (Å²) in [7, 11) is 0. The highest BCUT2D eigenvalue weighted by molar-refractivity contribution is 14.0. The normalized spacial score (nSPS) is 10.9. The Labute approximate surface area is 186 Å². The number of benzene rings is 1. The molecule has 3 N–H and O–H groups in total. The highest BCUT2D eigenvalue weighted by Crippen LogP contribution is 2.11. The lowest BCUT2D eigenvalue weighted by molar-refractivity contribution is 0.0957. The zero-order valence-electron chi connectivity index (χ0n) is 15.4. The number of thiazole rings is 1. The average Bonchev–Trinajstić information content (AvgIpc) is 3.06. The number of amides is 1. The van der Waals surface area contributed by atoms with Gasteiger partial charge in [0.05, 0.1) is 11.2 Å². The van der Waals surface area contributed by atoms with Gasteiger partial charge in [0.2, 0.25) is 0 Å². The van der Waals surface area contributed by atoms with Gasteiger partial charge in [-0.1, -0.05) is 23.7 Å². The predicted octanol–water partition coefficient (Wildman–Crippen LogP) is 3.25. The van der Waals surface area contributed by atoms with Gasteiger partial charge in [-0.05, 0) is 38.0 Å². The largest absolute Gasteiger partial charge is 0.357 e. The zero-order chi connectivity index (χ0) is 18.8. The quantitative estimate of drug-likeness (QED) is 0.216. The molecule has 0 spiro atoms. The molecule has 27 heavy (non-hydrogen) atoms. The molecule has 0 saturated carbocycles. The maximum atomic E-state index is 12.0. The molecule has 1 aromatic carbocycles. The molecule has 0 aliphatic carbocycles. The smallest absolute Gasteiger partial charge is 0.263 e. The number of halogens is 2. The number of nitrogens with one attached hydrogen (secondary N) is 3. The van der Waals surface area contributed by atoms with E-state index in [0.717, 1.165) is 29.6 Å². The topological polar surface area (TPSA) is 78.4 Å². The Hall–Kier alpha value is -1.39. The van der Waals surface area contributed by atoms with Crippen LogP contribution in [0.15, 0.2) is 34.8 Å². The van der Waals surface area contributed by atoms with E-state index in [2.05, 4.69) is 25.9 Å². The maximum absolute atomic E-state index is 12.0. The molecule has 0 bridgehead atoms. The minimum Gasteiger partial charge on any atom is -0.357 e. The van der Waals surface area contributed by atoms with Gasteiger partial charge in [-0.15, -0.1) is 35.3 Å². The fourth-order valence-corrected chi connectivity index (χ4v) is 3.09. The third-order valence-corrected chi connectivity index (χ3v) is 4.76. The van der Waals surface area contributed by atoms with Crippen molar-refractivity contribution in [1.82, 2.24) is 20.9 Å². The Bertz CT molecular complexity index is 736. The van der Waals surface area contributed by atoms with Crippen LogP contribution in [0.25, 0.3) is 0 Å². The Kier molecular flexibility index (Phi) is 11.3. The van der Waals surface area contributed by atoms with E-state index in [1.54, 1.807) is 5.51 Å². The van der Waals surface area contributed by atoms with E-state index in [9.17, 15) is 4.79 Å². The van der Waals surface area contributed by atoms with Crippen LogP contribution < -0.4 is 16.0 Å². The first kappa shape index (κ1) is 23.6. The Morgan fingerprint density at radius 1 is 1.19 bits per heavy atom. The SMILES string of the molecule is CCNC(=NCCc1ccc(Cl)cc1)NCCNC(=O)c1scnc1C.I. The van der Waals surface area contributed by atoms with Gasteiger partial charge in [0.1, 0.15) is 4.88 Å².